The van der Waals surface area contributed by atoms with Crippen LogP contribution in [0.25, 0.3) is 0 Å². The summed E-state index contributed by atoms with van der Waals surface area (Å²) in [7, 11) is 1.96. The Labute approximate surface area is 92.2 Å². The van der Waals surface area contributed by atoms with Gasteiger partial charge in [-0.25, -0.2) is 0 Å². The zero-order valence-electron chi connectivity index (χ0n) is 9.88. The highest BCUT2D eigenvalue weighted by Gasteiger charge is 2.37. The Morgan fingerprint density at radius 3 is 2.80 bits per heavy atom. The maximum Gasteiger partial charge on any atom is 0.229 e. The molecule has 3 nitrogen and oxygen atoms in total. The van der Waals surface area contributed by atoms with Gasteiger partial charge in [-0.2, -0.15) is 0 Å². The summed E-state index contributed by atoms with van der Waals surface area (Å²) in [6, 6.07) is 0. The van der Waals surface area contributed by atoms with Crippen LogP contribution < -0.4 is 5.32 Å². The van der Waals surface area contributed by atoms with Crippen molar-refractivity contribution in [3.05, 3.63) is 0 Å². The van der Waals surface area contributed by atoms with Crippen LogP contribution in [-0.4, -0.2) is 37.5 Å². The van der Waals surface area contributed by atoms with Gasteiger partial charge < -0.3 is 10.2 Å². The highest BCUT2D eigenvalue weighted by Crippen LogP contribution is 2.32. The van der Waals surface area contributed by atoms with E-state index in [0.29, 0.717) is 5.91 Å². The van der Waals surface area contributed by atoms with Gasteiger partial charge in [0.1, 0.15) is 0 Å². The standard InChI is InChI=1S/C12H22N2O/c1-12(6-3-7-13-9-12)11(15)14(2)8-10-4-5-10/h10,13H,3-9H2,1-2H3. The van der Waals surface area contributed by atoms with E-state index in [1.807, 2.05) is 11.9 Å². The number of amides is 1. The van der Waals surface area contributed by atoms with Crippen molar-refractivity contribution in [3.63, 3.8) is 0 Å². The second-order valence-corrected chi connectivity index (χ2v) is 5.47. The Morgan fingerprint density at radius 1 is 1.53 bits per heavy atom. The van der Waals surface area contributed by atoms with E-state index >= 15 is 0 Å². The van der Waals surface area contributed by atoms with E-state index in [4.69, 9.17) is 0 Å². The number of nitrogens with zero attached hydrogens (tertiary/aromatic N) is 1. The molecule has 0 aromatic carbocycles. The Hall–Kier alpha value is -0.570. The molecule has 15 heavy (non-hydrogen) atoms. The van der Waals surface area contributed by atoms with Crippen molar-refractivity contribution in [2.75, 3.05) is 26.7 Å². The van der Waals surface area contributed by atoms with Crippen LogP contribution in [0.15, 0.2) is 0 Å². The van der Waals surface area contributed by atoms with E-state index in [1.54, 1.807) is 0 Å². The molecule has 1 saturated carbocycles. The molecule has 1 heterocycles. The maximum atomic E-state index is 12.3. The molecule has 2 fully saturated rings. The molecule has 1 aliphatic carbocycles. The first kappa shape index (κ1) is 10.9. The van der Waals surface area contributed by atoms with E-state index in [-0.39, 0.29) is 5.41 Å². The zero-order valence-corrected chi connectivity index (χ0v) is 9.88. The largest absolute Gasteiger partial charge is 0.345 e. The topological polar surface area (TPSA) is 32.3 Å². The molecule has 86 valence electrons. The molecule has 0 aromatic rings. The minimum Gasteiger partial charge on any atom is -0.345 e. The van der Waals surface area contributed by atoms with E-state index in [1.165, 1.54) is 12.8 Å². The van der Waals surface area contributed by atoms with Crippen molar-refractivity contribution >= 4 is 5.91 Å². The molecule has 0 aromatic heterocycles. The smallest absolute Gasteiger partial charge is 0.229 e. The van der Waals surface area contributed by atoms with Crippen LogP contribution >= 0.6 is 0 Å². The Morgan fingerprint density at radius 2 is 2.27 bits per heavy atom. The van der Waals surface area contributed by atoms with Gasteiger partial charge in [-0.05, 0) is 45.1 Å². The van der Waals surface area contributed by atoms with E-state index in [9.17, 15) is 4.79 Å². The van der Waals surface area contributed by atoms with Gasteiger partial charge >= 0.3 is 0 Å². The molecule has 1 atom stereocenters. The number of piperidine rings is 1. The summed E-state index contributed by atoms with van der Waals surface area (Å²) < 4.78 is 0. The highest BCUT2D eigenvalue weighted by molar-refractivity contribution is 5.82. The normalized spacial score (nSPS) is 31.3. The minimum atomic E-state index is -0.151. The number of rotatable bonds is 3. The molecule has 1 saturated heterocycles. The molecule has 1 N–H and O–H groups in total. The Balaban J connectivity index is 1.91. The van der Waals surface area contributed by atoms with Gasteiger partial charge in [0.15, 0.2) is 0 Å². The maximum absolute atomic E-state index is 12.3. The van der Waals surface area contributed by atoms with E-state index in [0.717, 1.165) is 38.4 Å². The highest BCUT2D eigenvalue weighted by atomic mass is 16.2. The van der Waals surface area contributed by atoms with Gasteiger partial charge in [0.25, 0.3) is 0 Å². The van der Waals surface area contributed by atoms with Crippen molar-refractivity contribution in [3.8, 4) is 0 Å². The van der Waals surface area contributed by atoms with Crippen LogP contribution in [0.4, 0.5) is 0 Å². The SMILES string of the molecule is CN(CC1CC1)C(=O)C1(C)CCCNC1. The van der Waals surface area contributed by atoms with Crippen LogP contribution in [0.2, 0.25) is 0 Å². The monoisotopic (exact) mass is 210 g/mol. The number of hydrogen-bond acceptors (Lipinski definition) is 2. The number of carbonyl (C=O) groups is 1. The van der Waals surface area contributed by atoms with Gasteiger partial charge in [-0.15, -0.1) is 0 Å². The lowest BCUT2D eigenvalue weighted by Gasteiger charge is -2.36. The number of nitrogens with one attached hydrogen (secondary N) is 1. The molecule has 2 rings (SSSR count). The fourth-order valence-corrected chi connectivity index (χ4v) is 2.47. The molecule has 2 aliphatic rings. The molecule has 0 bridgehead atoms. The fraction of sp³-hybridized carbons (Fsp3) is 0.917. The molecule has 1 amide bonds. The third-order valence-electron chi connectivity index (χ3n) is 3.69. The Kier molecular flexibility index (Phi) is 3.01. The molecule has 0 spiro atoms. The summed E-state index contributed by atoms with van der Waals surface area (Å²) in [5.74, 6) is 1.13. The summed E-state index contributed by atoms with van der Waals surface area (Å²) in [5.41, 5.74) is -0.151. The van der Waals surface area contributed by atoms with Crippen LogP contribution in [0, 0.1) is 11.3 Å². The average molecular weight is 210 g/mol. The summed E-state index contributed by atoms with van der Waals surface area (Å²) in [6.45, 7) is 4.98. The predicted molar refractivity (Wildman–Crippen MR) is 60.6 cm³/mol. The second kappa shape index (κ2) is 4.12. The molecule has 3 heteroatoms. The first-order valence-electron chi connectivity index (χ1n) is 6.08. The first-order chi connectivity index (χ1) is 7.12. The van der Waals surface area contributed by atoms with Crippen molar-refractivity contribution in [1.82, 2.24) is 10.2 Å². The number of carbonyl (C=O) groups excluding carboxylic acids is 1. The summed E-state index contributed by atoms with van der Waals surface area (Å²) >= 11 is 0. The second-order valence-electron chi connectivity index (χ2n) is 5.47. The van der Waals surface area contributed by atoms with Crippen LogP contribution in [-0.2, 0) is 4.79 Å². The molecule has 1 aliphatic heterocycles. The van der Waals surface area contributed by atoms with Gasteiger partial charge in [0, 0.05) is 20.1 Å². The predicted octanol–water partition coefficient (Wildman–Crippen LogP) is 1.24. The molecule has 1 unspecified atom stereocenters. The summed E-state index contributed by atoms with van der Waals surface area (Å²) in [5, 5.41) is 3.33. The van der Waals surface area contributed by atoms with Crippen molar-refractivity contribution < 1.29 is 4.79 Å². The van der Waals surface area contributed by atoms with Gasteiger partial charge in [-0.1, -0.05) is 0 Å². The van der Waals surface area contributed by atoms with Gasteiger partial charge in [0.05, 0.1) is 5.41 Å². The summed E-state index contributed by atoms with van der Waals surface area (Å²) in [6.07, 6.45) is 4.78. The fourth-order valence-electron chi connectivity index (χ4n) is 2.47. The third kappa shape index (κ3) is 2.51. The zero-order chi connectivity index (χ0) is 10.9. The van der Waals surface area contributed by atoms with Crippen molar-refractivity contribution in [2.45, 2.75) is 32.6 Å². The van der Waals surface area contributed by atoms with E-state index in [2.05, 4.69) is 12.2 Å². The van der Waals surface area contributed by atoms with Crippen LogP contribution in [0.1, 0.15) is 32.6 Å². The Bertz CT molecular complexity index is 242. The quantitative estimate of drug-likeness (QED) is 0.760. The van der Waals surface area contributed by atoms with Crippen LogP contribution in [0.3, 0.4) is 0 Å². The first-order valence-corrected chi connectivity index (χ1v) is 6.08. The molecule has 0 radical (unpaired) electrons. The minimum absolute atomic E-state index is 0.151. The van der Waals surface area contributed by atoms with Crippen molar-refractivity contribution in [1.29, 1.82) is 0 Å². The average Bonchev–Trinajstić information content (AvgIpc) is 3.01. The van der Waals surface area contributed by atoms with E-state index < -0.39 is 0 Å². The van der Waals surface area contributed by atoms with Gasteiger partial charge in [-0.3, -0.25) is 4.79 Å². The van der Waals surface area contributed by atoms with Crippen LogP contribution in [0.5, 0.6) is 0 Å². The molecular weight excluding hydrogens is 188 g/mol. The molecular formula is C12H22N2O. The third-order valence-corrected chi connectivity index (χ3v) is 3.69. The number of hydrogen-bond donors (Lipinski definition) is 1. The van der Waals surface area contributed by atoms with Gasteiger partial charge in [0.2, 0.25) is 5.91 Å². The lowest BCUT2D eigenvalue weighted by atomic mass is 9.81. The lowest BCUT2D eigenvalue weighted by Crippen LogP contribution is -2.49. The summed E-state index contributed by atoms with van der Waals surface area (Å²) in [4.78, 5) is 14.2. The lowest BCUT2D eigenvalue weighted by molar-refractivity contribution is -0.141. The van der Waals surface area contributed by atoms with Crippen molar-refractivity contribution in [2.24, 2.45) is 11.3 Å².